The van der Waals surface area contributed by atoms with Crippen LogP contribution in [-0.2, 0) is 0 Å². The highest BCUT2D eigenvalue weighted by atomic mass is 14.1. The Balaban J connectivity index is 3.35. The van der Waals surface area contributed by atoms with E-state index in [-0.39, 0.29) is 0 Å². The summed E-state index contributed by atoms with van der Waals surface area (Å²) >= 11 is 0. The van der Waals surface area contributed by atoms with Crippen molar-refractivity contribution in [3.05, 3.63) is 12.7 Å². The third-order valence-corrected chi connectivity index (χ3v) is 2.53. The molecule has 0 heteroatoms. The molecule has 0 bridgehead atoms. The Labute approximate surface area is 71.7 Å². The molecule has 0 amide bonds. The Morgan fingerprint density at radius 2 is 1.91 bits per heavy atom. The SMILES string of the molecule is C=C[C@H](C)[C@H](C)CCCCC. The number of unbranched alkanes of at least 4 members (excludes halogenated alkanes) is 2. The second-order valence-corrected chi connectivity index (χ2v) is 3.57. The van der Waals surface area contributed by atoms with Crippen LogP contribution >= 0.6 is 0 Å². The molecule has 0 spiro atoms. The molecule has 0 aromatic heterocycles. The summed E-state index contributed by atoms with van der Waals surface area (Å²) in [6, 6.07) is 0. The van der Waals surface area contributed by atoms with Crippen molar-refractivity contribution in [1.82, 2.24) is 0 Å². The fraction of sp³-hybridized carbons (Fsp3) is 0.818. The van der Waals surface area contributed by atoms with E-state index >= 15 is 0 Å². The van der Waals surface area contributed by atoms with Gasteiger partial charge in [-0.2, -0.15) is 0 Å². The number of hydrogen-bond donors (Lipinski definition) is 0. The predicted molar refractivity (Wildman–Crippen MR) is 52.7 cm³/mol. The Morgan fingerprint density at radius 1 is 1.27 bits per heavy atom. The van der Waals surface area contributed by atoms with Crippen molar-refractivity contribution in [3.8, 4) is 0 Å². The molecule has 0 rings (SSSR count). The second-order valence-electron chi connectivity index (χ2n) is 3.57. The summed E-state index contributed by atoms with van der Waals surface area (Å²) in [5.41, 5.74) is 0. The van der Waals surface area contributed by atoms with E-state index in [1.54, 1.807) is 0 Å². The van der Waals surface area contributed by atoms with Crippen molar-refractivity contribution in [2.45, 2.75) is 46.5 Å². The minimum atomic E-state index is 0.687. The van der Waals surface area contributed by atoms with Crippen LogP contribution in [0.25, 0.3) is 0 Å². The quantitative estimate of drug-likeness (QED) is 0.400. The van der Waals surface area contributed by atoms with Gasteiger partial charge >= 0.3 is 0 Å². The zero-order valence-corrected chi connectivity index (χ0v) is 8.27. The summed E-state index contributed by atoms with van der Waals surface area (Å²) in [7, 11) is 0. The molecule has 0 heterocycles. The van der Waals surface area contributed by atoms with Crippen LogP contribution in [0.4, 0.5) is 0 Å². The maximum Gasteiger partial charge on any atom is -0.0239 e. The average molecular weight is 154 g/mol. The van der Waals surface area contributed by atoms with Gasteiger partial charge in [-0.15, -0.1) is 6.58 Å². The lowest BCUT2D eigenvalue weighted by Gasteiger charge is -2.15. The minimum Gasteiger partial charge on any atom is -0.103 e. The van der Waals surface area contributed by atoms with E-state index in [2.05, 4.69) is 33.4 Å². The van der Waals surface area contributed by atoms with Gasteiger partial charge in [0, 0.05) is 0 Å². The number of allylic oxidation sites excluding steroid dienone is 1. The maximum atomic E-state index is 3.81. The van der Waals surface area contributed by atoms with Crippen LogP contribution in [0.15, 0.2) is 12.7 Å². The molecule has 66 valence electrons. The molecule has 0 aromatic rings. The molecule has 0 radical (unpaired) electrons. The molecule has 0 saturated carbocycles. The first-order chi connectivity index (χ1) is 5.22. The fourth-order valence-electron chi connectivity index (χ4n) is 1.21. The van der Waals surface area contributed by atoms with Crippen molar-refractivity contribution in [1.29, 1.82) is 0 Å². The molecule has 0 nitrogen and oxygen atoms in total. The third kappa shape index (κ3) is 5.06. The van der Waals surface area contributed by atoms with Gasteiger partial charge in [0.25, 0.3) is 0 Å². The first-order valence-electron chi connectivity index (χ1n) is 4.84. The van der Waals surface area contributed by atoms with Crippen molar-refractivity contribution in [3.63, 3.8) is 0 Å². The van der Waals surface area contributed by atoms with Crippen molar-refractivity contribution < 1.29 is 0 Å². The van der Waals surface area contributed by atoms with Crippen LogP contribution < -0.4 is 0 Å². The van der Waals surface area contributed by atoms with Crippen molar-refractivity contribution >= 4 is 0 Å². The molecule has 0 fully saturated rings. The van der Waals surface area contributed by atoms with E-state index in [1.165, 1.54) is 25.7 Å². The molecule has 0 saturated heterocycles. The summed E-state index contributed by atoms with van der Waals surface area (Å²) in [5.74, 6) is 1.51. The van der Waals surface area contributed by atoms with Gasteiger partial charge < -0.3 is 0 Å². The highest BCUT2D eigenvalue weighted by Gasteiger charge is 2.06. The highest BCUT2D eigenvalue weighted by molar-refractivity contribution is 4.78. The van der Waals surface area contributed by atoms with Crippen molar-refractivity contribution in [2.24, 2.45) is 11.8 Å². The van der Waals surface area contributed by atoms with Gasteiger partial charge in [-0.1, -0.05) is 52.5 Å². The predicted octanol–water partition coefficient (Wildman–Crippen LogP) is 4.02. The smallest absolute Gasteiger partial charge is 0.0239 e. The molecule has 0 aliphatic carbocycles. The van der Waals surface area contributed by atoms with Gasteiger partial charge in [0.1, 0.15) is 0 Å². The average Bonchev–Trinajstić information content (AvgIpc) is 2.03. The van der Waals surface area contributed by atoms with Crippen molar-refractivity contribution in [2.75, 3.05) is 0 Å². The van der Waals surface area contributed by atoms with Crippen LogP contribution in [0.3, 0.4) is 0 Å². The van der Waals surface area contributed by atoms with E-state index in [0.717, 1.165) is 5.92 Å². The lowest BCUT2D eigenvalue weighted by molar-refractivity contribution is 0.409. The summed E-state index contributed by atoms with van der Waals surface area (Å²) in [6.45, 7) is 10.6. The molecule has 0 unspecified atom stereocenters. The standard InChI is InChI=1S/C11H22/c1-5-7-8-9-11(4)10(3)6-2/h6,10-11H,2,5,7-9H2,1,3-4H3/t10-,11+/m0/s1. The Bertz CT molecular complexity index is 94.2. The lowest BCUT2D eigenvalue weighted by atomic mass is 9.91. The maximum absolute atomic E-state index is 3.81. The van der Waals surface area contributed by atoms with E-state index in [0.29, 0.717) is 5.92 Å². The molecule has 2 atom stereocenters. The van der Waals surface area contributed by atoms with Gasteiger partial charge in [0.15, 0.2) is 0 Å². The highest BCUT2D eigenvalue weighted by Crippen LogP contribution is 2.18. The fourth-order valence-corrected chi connectivity index (χ4v) is 1.21. The molecule has 0 aliphatic rings. The van der Waals surface area contributed by atoms with Gasteiger partial charge in [0.2, 0.25) is 0 Å². The number of hydrogen-bond acceptors (Lipinski definition) is 0. The van der Waals surface area contributed by atoms with Crippen LogP contribution in [0.1, 0.15) is 46.5 Å². The largest absolute Gasteiger partial charge is 0.103 e. The normalized spacial score (nSPS) is 15.9. The first-order valence-corrected chi connectivity index (χ1v) is 4.84. The van der Waals surface area contributed by atoms with Gasteiger partial charge in [0.05, 0.1) is 0 Å². The summed E-state index contributed by atoms with van der Waals surface area (Å²) in [4.78, 5) is 0. The molecule has 0 aliphatic heterocycles. The van der Waals surface area contributed by atoms with Crippen LogP contribution in [0.5, 0.6) is 0 Å². The summed E-state index contributed by atoms with van der Waals surface area (Å²) < 4.78 is 0. The summed E-state index contributed by atoms with van der Waals surface area (Å²) in [5, 5.41) is 0. The first kappa shape index (κ1) is 10.7. The van der Waals surface area contributed by atoms with Gasteiger partial charge in [-0.25, -0.2) is 0 Å². The monoisotopic (exact) mass is 154 g/mol. The van der Waals surface area contributed by atoms with Crippen LogP contribution in [-0.4, -0.2) is 0 Å². The van der Waals surface area contributed by atoms with E-state index < -0.39 is 0 Å². The number of rotatable bonds is 6. The van der Waals surface area contributed by atoms with E-state index in [4.69, 9.17) is 0 Å². The molecular weight excluding hydrogens is 132 g/mol. The molecule has 0 aromatic carbocycles. The minimum absolute atomic E-state index is 0.687. The zero-order chi connectivity index (χ0) is 8.69. The Morgan fingerprint density at radius 3 is 2.36 bits per heavy atom. The zero-order valence-electron chi connectivity index (χ0n) is 8.27. The van der Waals surface area contributed by atoms with E-state index in [9.17, 15) is 0 Å². The van der Waals surface area contributed by atoms with Crippen LogP contribution in [0.2, 0.25) is 0 Å². The van der Waals surface area contributed by atoms with E-state index in [1.807, 2.05) is 0 Å². The Hall–Kier alpha value is -0.260. The van der Waals surface area contributed by atoms with Crippen LogP contribution in [0, 0.1) is 11.8 Å². The third-order valence-electron chi connectivity index (χ3n) is 2.53. The second kappa shape index (κ2) is 6.45. The molecule has 11 heavy (non-hydrogen) atoms. The van der Waals surface area contributed by atoms with Gasteiger partial charge in [-0.3, -0.25) is 0 Å². The molecule has 0 N–H and O–H groups in total. The van der Waals surface area contributed by atoms with Gasteiger partial charge in [-0.05, 0) is 11.8 Å². The Kier molecular flexibility index (Phi) is 6.30. The molecular formula is C11H22. The summed E-state index contributed by atoms with van der Waals surface area (Å²) in [6.07, 6.45) is 7.52. The topological polar surface area (TPSA) is 0 Å². The lowest BCUT2D eigenvalue weighted by Crippen LogP contribution is -2.04.